The lowest BCUT2D eigenvalue weighted by molar-refractivity contribution is 0.765. The van der Waals surface area contributed by atoms with E-state index < -0.39 is 0 Å². The SMILES string of the molecule is C1=CC2=c3ccccc3=C3c4ccc5c(ccn5-c5ccccc5)c4NC3C2C=C1. The maximum Gasteiger partial charge on any atom is 0.0630 e. The lowest BCUT2D eigenvalue weighted by Gasteiger charge is -2.29. The van der Waals surface area contributed by atoms with Gasteiger partial charge in [0.1, 0.15) is 0 Å². The van der Waals surface area contributed by atoms with E-state index in [1.807, 2.05) is 0 Å². The molecular weight excluding hydrogens is 364 g/mol. The van der Waals surface area contributed by atoms with Crippen LogP contribution in [0.1, 0.15) is 5.56 Å². The van der Waals surface area contributed by atoms with Crippen LogP contribution in [-0.4, -0.2) is 10.6 Å². The smallest absolute Gasteiger partial charge is 0.0630 e. The zero-order chi connectivity index (χ0) is 19.7. The molecule has 0 spiro atoms. The highest BCUT2D eigenvalue weighted by atomic mass is 15.0. The summed E-state index contributed by atoms with van der Waals surface area (Å²) in [5.74, 6) is 0.360. The van der Waals surface area contributed by atoms with Gasteiger partial charge in [-0.3, -0.25) is 0 Å². The summed E-state index contributed by atoms with van der Waals surface area (Å²) < 4.78 is 2.28. The Morgan fingerprint density at radius 3 is 2.50 bits per heavy atom. The van der Waals surface area contributed by atoms with E-state index >= 15 is 0 Å². The second-order valence-corrected chi connectivity index (χ2v) is 8.25. The predicted octanol–water partition coefficient (Wildman–Crippen LogP) is 4.53. The molecule has 1 N–H and O–H groups in total. The summed E-state index contributed by atoms with van der Waals surface area (Å²) in [4.78, 5) is 0. The summed E-state index contributed by atoms with van der Waals surface area (Å²) in [6.07, 6.45) is 11.2. The Morgan fingerprint density at radius 2 is 1.60 bits per heavy atom. The molecule has 3 aliphatic rings. The molecule has 142 valence electrons. The van der Waals surface area contributed by atoms with E-state index in [1.54, 1.807) is 0 Å². The lowest BCUT2D eigenvalue weighted by atomic mass is 9.78. The van der Waals surface area contributed by atoms with Crippen LogP contribution in [0.4, 0.5) is 5.69 Å². The number of benzene rings is 3. The van der Waals surface area contributed by atoms with E-state index in [1.165, 1.54) is 49.4 Å². The third-order valence-corrected chi connectivity index (χ3v) is 6.76. The first-order valence-corrected chi connectivity index (χ1v) is 10.5. The fourth-order valence-corrected chi connectivity index (χ4v) is 5.48. The molecule has 0 fully saturated rings. The molecule has 0 amide bonds. The first-order chi connectivity index (χ1) is 14.9. The highest BCUT2D eigenvalue weighted by Gasteiger charge is 2.37. The van der Waals surface area contributed by atoms with Gasteiger partial charge in [-0.2, -0.15) is 0 Å². The van der Waals surface area contributed by atoms with Crippen LogP contribution in [-0.2, 0) is 0 Å². The Hall–Kier alpha value is -3.78. The second kappa shape index (κ2) is 5.87. The van der Waals surface area contributed by atoms with Crippen molar-refractivity contribution in [1.29, 1.82) is 0 Å². The van der Waals surface area contributed by atoms with Crippen LogP contribution in [0.25, 0.3) is 27.7 Å². The van der Waals surface area contributed by atoms with Crippen molar-refractivity contribution in [1.82, 2.24) is 4.57 Å². The molecule has 0 bridgehead atoms. The van der Waals surface area contributed by atoms with Crippen molar-refractivity contribution in [3.63, 3.8) is 0 Å². The van der Waals surface area contributed by atoms with Crippen molar-refractivity contribution in [3.05, 3.63) is 119 Å². The number of allylic oxidation sites excluding steroid dienone is 3. The van der Waals surface area contributed by atoms with Gasteiger partial charge >= 0.3 is 0 Å². The molecule has 2 atom stereocenters. The minimum atomic E-state index is 0.275. The topological polar surface area (TPSA) is 17.0 Å². The van der Waals surface area contributed by atoms with Crippen molar-refractivity contribution in [2.24, 2.45) is 5.92 Å². The number of hydrogen-bond donors (Lipinski definition) is 1. The Labute approximate surface area is 174 Å². The van der Waals surface area contributed by atoms with Crippen molar-refractivity contribution in [2.45, 2.75) is 6.04 Å². The molecule has 2 heteroatoms. The monoisotopic (exact) mass is 384 g/mol. The molecule has 0 radical (unpaired) electrons. The molecule has 1 aliphatic heterocycles. The summed E-state index contributed by atoms with van der Waals surface area (Å²) in [6, 6.07) is 26.5. The van der Waals surface area contributed by atoms with Gasteiger partial charge in [0.2, 0.25) is 0 Å². The van der Waals surface area contributed by atoms with Crippen LogP contribution in [0.15, 0.2) is 103 Å². The van der Waals surface area contributed by atoms with Crippen molar-refractivity contribution in [3.8, 4) is 5.69 Å². The molecular formula is C28H20N2. The molecule has 2 nitrogen and oxygen atoms in total. The van der Waals surface area contributed by atoms with Gasteiger partial charge in [-0.1, -0.05) is 72.8 Å². The fraction of sp³-hybridized carbons (Fsp3) is 0.0714. The van der Waals surface area contributed by atoms with Crippen LogP contribution < -0.4 is 15.8 Å². The van der Waals surface area contributed by atoms with Crippen LogP contribution >= 0.6 is 0 Å². The first-order valence-electron chi connectivity index (χ1n) is 10.5. The maximum absolute atomic E-state index is 3.93. The third kappa shape index (κ3) is 2.03. The van der Waals surface area contributed by atoms with E-state index in [0.717, 1.165) is 0 Å². The largest absolute Gasteiger partial charge is 0.376 e. The van der Waals surface area contributed by atoms with E-state index in [9.17, 15) is 0 Å². The summed E-state index contributed by atoms with van der Waals surface area (Å²) in [5.41, 5.74) is 7.89. The molecule has 3 aromatic carbocycles. The molecule has 0 saturated carbocycles. The minimum absolute atomic E-state index is 0.275. The summed E-state index contributed by atoms with van der Waals surface area (Å²) in [6.45, 7) is 0. The molecule has 0 saturated heterocycles. The van der Waals surface area contributed by atoms with Crippen LogP contribution in [0.5, 0.6) is 0 Å². The molecule has 2 heterocycles. The quantitative estimate of drug-likeness (QED) is 0.510. The van der Waals surface area contributed by atoms with Gasteiger partial charge in [0.05, 0.1) is 17.2 Å². The van der Waals surface area contributed by atoms with Gasteiger partial charge in [0, 0.05) is 28.8 Å². The fourth-order valence-electron chi connectivity index (χ4n) is 5.48. The number of fused-ring (bicyclic) bond motifs is 8. The van der Waals surface area contributed by atoms with E-state index in [-0.39, 0.29) is 6.04 Å². The maximum atomic E-state index is 3.93. The van der Waals surface area contributed by atoms with E-state index in [2.05, 4.69) is 113 Å². The highest BCUT2D eigenvalue weighted by Crippen LogP contribution is 2.45. The van der Waals surface area contributed by atoms with Crippen molar-refractivity contribution in [2.75, 3.05) is 5.32 Å². The minimum Gasteiger partial charge on any atom is -0.376 e. The lowest BCUT2D eigenvalue weighted by Crippen LogP contribution is -2.43. The molecule has 7 rings (SSSR count). The van der Waals surface area contributed by atoms with Gasteiger partial charge in [-0.05, 0) is 45.8 Å². The Kier molecular flexibility index (Phi) is 3.14. The number of anilines is 1. The highest BCUT2D eigenvalue weighted by molar-refractivity contribution is 6.04. The van der Waals surface area contributed by atoms with Crippen LogP contribution in [0.2, 0.25) is 0 Å². The second-order valence-electron chi connectivity index (χ2n) is 8.25. The summed E-state index contributed by atoms with van der Waals surface area (Å²) >= 11 is 0. The zero-order valence-electron chi connectivity index (χ0n) is 16.4. The Morgan fingerprint density at radius 1 is 0.767 bits per heavy atom. The van der Waals surface area contributed by atoms with Crippen molar-refractivity contribution < 1.29 is 0 Å². The number of rotatable bonds is 1. The van der Waals surface area contributed by atoms with E-state index in [4.69, 9.17) is 0 Å². The summed E-state index contributed by atoms with van der Waals surface area (Å²) in [5, 5.41) is 7.94. The standard InChI is InChI=1S/C28H20N2/c1-2-8-18(9-3-1)30-17-16-23-25(30)15-14-24-26-21-12-6-4-10-19(21)20-11-5-7-13-22(20)28(26)29-27(23)24/h1-17,22,28-29H. The van der Waals surface area contributed by atoms with E-state index in [0.29, 0.717) is 5.92 Å². The number of nitrogens with zero attached hydrogens (tertiary/aromatic N) is 1. The van der Waals surface area contributed by atoms with Gasteiger partial charge in [0.25, 0.3) is 0 Å². The molecule has 1 aromatic heterocycles. The van der Waals surface area contributed by atoms with Gasteiger partial charge < -0.3 is 9.88 Å². The van der Waals surface area contributed by atoms with Gasteiger partial charge in [-0.25, -0.2) is 0 Å². The predicted molar refractivity (Wildman–Crippen MR) is 124 cm³/mol. The zero-order valence-corrected chi connectivity index (χ0v) is 16.4. The van der Waals surface area contributed by atoms with Crippen LogP contribution in [0.3, 0.4) is 0 Å². The Bertz CT molecular complexity index is 1520. The molecule has 4 aromatic rings. The Balaban J connectivity index is 1.53. The third-order valence-electron chi connectivity index (χ3n) is 6.76. The van der Waals surface area contributed by atoms with Crippen LogP contribution in [0, 0.1) is 5.92 Å². The number of hydrogen-bond acceptors (Lipinski definition) is 1. The first kappa shape index (κ1) is 16.1. The average molecular weight is 384 g/mol. The molecule has 30 heavy (non-hydrogen) atoms. The van der Waals surface area contributed by atoms with Gasteiger partial charge in [0.15, 0.2) is 0 Å². The van der Waals surface area contributed by atoms with Crippen molar-refractivity contribution >= 4 is 27.7 Å². The average Bonchev–Trinajstić information content (AvgIpc) is 3.42. The molecule has 2 aliphatic carbocycles. The normalized spacial score (nSPS) is 20.5. The number of aromatic nitrogens is 1. The number of nitrogens with one attached hydrogen (secondary N) is 1. The van der Waals surface area contributed by atoms with Gasteiger partial charge in [-0.15, -0.1) is 0 Å². The number of para-hydroxylation sites is 1. The summed E-state index contributed by atoms with van der Waals surface area (Å²) in [7, 11) is 0. The molecule has 2 unspecified atom stereocenters.